The van der Waals surface area contributed by atoms with E-state index >= 15 is 0 Å². The number of aliphatic imine (C=N–C) groups is 1. The molecule has 2 saturated heterocycles. The number of piperidine rings is 1. The zero-order chi connectivity index (χ0) is 25.7. The molecule has 1 unspecified atom stereocenters. The number of cyclic esters (lactones) is 1. The number of rotatable bonds is 7. The normalized spacial score (nSPS) is 19.2. The minimum atomic E-state index is -0.794. The number of esters is 1. The fourth-order valence-corrected chi connectivity index (χ4v) is 4.18. The number of anilines is 2. The number of ether oxygens (including phenoxy) is 3. The number of carbonyl (C=O) groups excluding carboxylic acids is 3. The second-order valence-electron chi connectivity index (χ2n) is 8.26. The number of carbonyl (C=O) groups is 3. The van der Waals surface area contributed by atoms with Gasteiger partial charge in [-0.15, -0.1) is 0 Å². The molecule has 1 N–H and O–H groups in total. The number of amides is 2. The highest BCUT2D eigenvalue weighted by Gasteiger charge is 2.38. The maximum Gasteiger partial charge on any atom is 0.414 e. The van der Waals surface area contributed by atoms with Gasteiger partial charge in [-0.2, -0.15) is 0 Å². The van der Waals surface area contributed by atoms with E-state index in [0.717, 1.165) is 6.42 Å². The Balaban J connectivity index is 1.63. The molecule has 2 aromatic rings. The predicted molar refractivity (Wildman–Crippen MR) is 135 cm³/mol. The van der Waals surface area contributed by atoms with E-state index in [1.54, 1.807) is 72.4 Å². The Bertz CT molecular complexity index is 1180. The van der Waals surface area contributed by atoms with Gasteiger partial charge in [0.1, 0.15) is 17.2 Å². The Morgan fingerprint density at radius 2 is 1.72 bits per heavy atom. The van der Waals surface area contributed by atoms with Crippen LogP contribution in [0, 0.1) is 11.3 Å². The molecule has 0 aromatic heterocycles. The fraction of sp³-hybridized carbons (Fsp3) is 0.346. The van der Waals surface area contributed by atoms with E-state index in [-0.39, 0.29) is 24.6 Å². The molecule has 2 aromatic carbocycles. The van der Waals surface area contributed by atoms with E-state index in [1.807, 2.05) is 0 Å². The maximum atomic E-state index is 13.6. The van der Waals surface area contributed by atoms with Crippen LogP contribution < -0.4 is 14.5 Å². The molecule has 1 atom stereocenters. The van der Waals surface area contributed by atoms with Crippen LogP contribution in [0.3, 0.4) is 0 Å². The van der Waals surface area contributed by atoms with Crippen molar-refractivity contribution < 1.29 is 28.6 Å². The summed E-state index contributed by atoms with van der Waals surface area (Å²) in [4.78, 5) is 45.7. The van der Waals surface area contributed by atoms with Crippen molar-refractivity contribution in [3.63, 3.8) is 0 Å². The molecular weight excluding hydrogens is 464 g/mol. The molecule has 188 valence electrons. The molecule has 2 amide bonds. The third kappa shape index (κ3) is 5.22. The molecule has 10 nitrogen and oxygen atoms in total. The summed E-state index contributed by atoms with van der Waals surface area (Å²) in [7, 11) is 1.56. The Morgan fingerprint density at radius 1 is 1.06 bits per heavy atom. The van der Waals surface area contributed by atoms with Gasteiger partial charge in [0.15, 0.2) is 0 Å². The highest BCUT2D eigenvalue weighted by Crippen LogP contribution is 2.29. The van der Waals surface area contributed by atoms with Crippen LogP contribution in [0.25, 0.3) is 0 Å². The molecular formula is C26H28N4O6. The topological polar surface area (TPSA) is 122 Å². The van der Waals surface area contributed by atoms with Gasteiger partial charge in [-0.25, -0.2) is 14.6 Å². The van der Waals surface area contributed by atoms with Crippen molar-refractivity contribution in [1.29, 1.82) is 5.41 Å². The van der Waals surface area contributed by atoms with Gasteiger partial charge >= 0.3 is 12.1 Å². The number of hydrogen-bond donors (Lipinski definition) is 1. The van der Waals surface area contributed by atoms with E-state index < -0.39 is 23.9 Å². The van der Waals surface area contributed by atoms with Gasteiger partial charge in [-0.05, 0) is 68.3 Å². The Hall–Kier alpha value is -4.21. The molecule has 0 bridgehead atoms. The van der Waals surface area contributed by atoms with Crippen LogP contribution in [0.5, 0.6) is 5.75 Å². The molecule has 2 fully saturated rings. The Kier molecular flexibility index (Phi) is 7.62. The molecule has 4 rings (SSSR count). The first kappa shape index (κ1) is 24.9. The smallest absolute Gasteiger partial charge is 0.414 e. The van der Waals surface area contributed by atoms with Gasteiger partial charge in [0.05, 0.1) is 31.9 Å². The summed E-state index contributed by atoms with van der Waals surface area (Å²) in [5.74, 6) is -1.31. The Morgan fingerprint density at radius 3 is 2.33 bits per heavy atom. The highest BCUT2D eigenvalue weighted by atomic mass is 16.6. The van der Waals surface area contributed by atoms with Gasteiger partial charge in [0.2, 0.25) is 0 Å². The maximum absolute atomic E-state index is 13.6. The summed E-state index contributed by atoms with van der Waals surface area (Å²) in [5, 5.41) is 8.38. The summed E-state index contributed by atoms with van der Waals surface area (Å²) < 4.78 is 15.3. The lowest BCUT2D eigenvalue weighted by Crippen LogP contribution is -2.50. The number of hydrogen-bond acceptors (Lipinski definition) is 8. The summed E-state index contributed by atoms with van der Waals surface area (Å²) in [6, 6.07) is 13.9. The number of nitrogens with one attached hydrogen (secondary N) is 1. The highest BCUT2D eigenvalue weighted by molar-refractivity contribution is 6.53. The summed E-state index contributed by atoms with van der Waals surface area (Å²) in [5.41, 5.74) is 1.60. The van der Waals surface area contributed by atoms with Crippen molar-refractivity contribution in [2.45, 2.75) is 19.8 Å². The predicted octanol–water partition coefficient (Wildman–Crippen LogP) is 3.75. The average molecular weight is 493 g/mol. The summed E-state index contributed by atoms with van der Waals surface area (Å²) in [6.07, 6.45) is 0.688. The molecule has 0 aliphatic carbocycles. The number of nitrogens with zero attached hydrogens (tertiary/aromatic N) is 3. The molecule has 2 aliphatic heterocycles. The van der Waals surface area contributed by atoms with Gasteiger partial charge in [-0.3, -0.25) is 15.1 Å². The molecule has 10 heteroatoms. The van der Waals surface area contributed by atoms with Crippen molar-refractivity contribution in [2.75, 3.05) is 43.2 Å². The van der Waals surface area contributed by atoms with Crippen LogP contribution in [-0.2, 0) is 19.1 Å². The quantitative estimate of drug-likeness (QED) is 0.464. The fourth-order valence-electron chi connectivity index (χ4n) is 4.18. The number of methoxy groups -OCH3 is 1. The molecule has 36 heavy (non-hydrogen) atoms. The van der Waals surface area contributed by atoms with Crippen molar-refractivity contribution in [2.24, 2.45) is 10.9 Å². The van der Waals surface area contributed by atoms with Crippen LogP contribution in [0.2, 0.25) is 0 Å². The lowest BCUT2D eigenvalue weighted by molar-refractivity contribution is -0.135. The zero-order valence-corrected chi connectivity index (χ0v) is 20.2. The average Bonchev–Trinajstić information content (AvgIpc) is 2.90. The van der Waals surface area contributed by atoms with Gasteiger partial charge in [0.25, 0.3) is 5.91 Å². The van der Waals surface area contributed by atoms with Crippen molar-refractivity contribution in [1.82, 2.24) is 0 Å². The van der Waals surface area contributed by atoms with Crippen LogP contribution in [-0.4, -0.2) is 62.8 Å². The second kappa shape index (κ2) is 11.0. The third-order valence-corrected chi connectivity index (χ3v) is 6.05. The van der Waals surface area contributed by atoms with E-state index in [4.69, 9.17) is 19.6 Å². The second-order valence-corrected chi connectivity index (χ2v) is 8.26. The molecule has 0 saturated carbocycles. The minimum absolute atomic E-state index is 0.0909. The van der Waals surface area contributed by atoms with Crippen molar-refractivity contribution in [3.05, 3.63) is 48.5 Å². The largest absolute Gasteiger partial charge is 0.497 e. The standard InChI is InChI=1S/C26H28N4O6/c1-3-35-25(32)22(27)21-13-15-29(24(31)23(21)28-17-5-11-20(34-2)12-6-17)18-7-9-19(10-8-18)30-14-4-16-36-26(30)33/h5-12,21,27H,3-4,13-16H2,1-2H3. The molecule has 0 spiro atoms. The zero-order valence-electron chi connectivity index (χ0n) is 20.2. The monoisotopic (exact) mass is 492 g/mol. The Labute approximate surface area is 209 Å². The van der Waals surface area contributed by atoms with Crippen molar-refractivity contribution >= 4 is 46.5 Å². The van der Waals surface area contributed by atoms with E-state index in [0.29, 0.717) is 42.4 Å². The third-order valence-electron chi connectivity index (χ3n) is 6.05. The van der Waals surface area contributed by atoms with E-state index in [9.17, 15) is 14.4 Å². The van der Waals surface area contributed by atoms with Crippen molar-refractivity contribution in [3.8, 4) is 5.75 Å². The molecule has 0 radical (unpaired) electrons. The first-order valence-electron chi connectivity index (χ1n) is 11.8. The van der Waals surface area contributed by atoms with E-state index in [1.165, 1.54) is 0 Å². The lowest BCUT2D eigenvalue weighted by atomic mass is 9.88. The first-order chi connectivity index (χ1) is 17.4. The van der Waals surface area contributed by atoms with Gasteiger partial charge < -0.3 is 19.1 Å². The molecule has 2 heterocycles. The first-order valence-corrected chi connectivity index (χ1v) is 11.8. The summed E-state index contributed by atoms with van der Waals surface area (Å²) >= 11 is 0. The SMILES string of the molecule is CCOC(=O)C(=N)C1CCN(c2ccc(N3CCCOC3=O)cc2)C(=O)C1=Nc1ccc(OC)cc1. The van der Waals surface area contributed by atoms with Gasteiger partial charge in [0, 0.05) is 24.5 Å². The minimum Gasteiger partial charge on any atom is -0.497 e. The van der Waals surface area contributed by atoms with Crippen LogP contribution in [0.4, 0.5) is 21.9 Å². The van der Waals surface area contributed by atoms with E-state index in [2.05, 4.69) is 4.99 Å². The van der Waals surface area contributed by atoms with Crippen LogP contribution in [0.15, 0.2) is 53.5 Å². The summed E-state index contributed by atoms with van der Waals surface area (Å²) in [6.45, 7) is 3.07. The van der Waals surface area contributed by atoms with Gasteiger partial charge in [-0.1, -0.05) is 0 Å². The number of benzene rings is 2. The van der Waals surface area contributed by atoms with Crippen LogP contribution >= 0.6 is 0 Å². The van der Waals surface area contributed by atoms with Crippen LogP contribution in [0.1, 0.15) is 19.8 Å². The molecule has 2 aliphatic rings. The lowest BCUT2D eigenvalue weighted by Gasteiger charge is -2.33.